The molecule has 0 unspecified atom stereocenters. The maximum absolute atomic E-state index is 5.35. The molecule has 0 aliphatic carbocycles. The molecule has 0 atom stereocenters. The first kappa shape index (κ1) is 16.7. The summed E-state index contributed by atoms with van der Waals surface area (Å²) in [5.74, 6) is 1.88. The molecule has 3 rings (SSSR count). The summed E-state index contributed by atoms with van der Waals surface area (Å²) in [6.07, 6.45) is 4.34. The van der Waals surface area contributed by atoms with Crippen LogP contribution >= 0.6 is 12.2 Å². The second-order valence-electron chi connectivity index (χ2n) is 6.37. The molecule has 1 aromatic carbocycles. The monoisotopic (exact) mass is 340 g/mol. The molecule has 5 heteroatoms. The third-order valence-electron chi connectivity index (χ3n) is 4.41. The van der Waals surface area contributed by atoms with Crippen LogP contribution in [0, 0.1) is 5.92 Å². The minimum Gasteiger partial charge on any atom is -0.358 e. The summed E-state index contributed by atoms with van der Waals surface area (Å²) in [6.45, 7) is 5.22. The lowest BCUT2D eigenvalue weighted by molar-refractivity contribution is 0.436. The van der Waals surface area contributed by atoms with Gasteiger partial charge in [-0.05, 0) is 48.7 Å². The summed E-state index contributed by atoms with van der Waals surface area (Å²) in [6, 6.07) is 14.3. The van der Waals surface area contributed by atoms with Crippen molar-refractivity contribution in [3.8, 4) is 0 Å². The van der Waals surface area contributed by atoms with Gasteiger partial charge in [-0.15, -0.1) is 0 Å². The van der Waals surface area contributed by atoms with Crippen molar-refractivity contribution < 1.29 is 0 Å². The van der Waals surface area contributed by atoms with Crippen molar-refractivity contribution in [2.75, 3.05) is 23.3 Å². The van der Waals surface area contributed by atoms with Crippen LogP contribution in [-0.4, -0.2) is 23.2 Å². The zero-order valence-corrected chi connectivity index (χ0v) is 14.9. The van der Waals surface area contributed by atoms with E-state index in [1.54, 1.807) is 0 Å². The highest BCUT2D eigenvalue weighted by Crippen LogP contribution is 2.22. The molecule has 2 aromatic rings. The van der Waals surface area contributed by atoms with Crippen LogP contribution in [0.3, 0.4) is 0 Å². The predicted octanol–water partition coefficient (Wildman–Crippen LogP) is 3.80. The Balaban J connectivity index is 1.49. The number of nitrogens with one attached hydrogen (secondary N) is 2. The molecular formula is C19H24N4S. The molecule has 1 aliphatic heterocycles. The fourth-order valence-corrected chi connectivity index (χ4v) is 3.03. The molecule has 0 amide bonds. The quantitative estimate of drug-likeness (QED) is 0.829. The molecule has 24 heavy (non-hydrogen) atoms. The molecule has 0 radical (unpaired) electrons. The first-order valence-corrected chi connectivity index (χ1v) is 8.91. The van der Waals surface area contributed by atoms with Gasteiger partial charge in [0.05, 0.1) is 11.9 Å². The molecule has 4 nitrogen and oxygen atoms in total. The second-order valence-corrected chi connectivity index (χ2v) is 6.78. The first-order chi connectivity index (χ1) is 11.7. The lowest BCUT2D eigenvalue weighted by Crippen LogP contribution is -2.33. The third-order valence-corrected chi connectivity index (χ3v) is 4.66. The number of benzene rings is 1. The Hall–Kier alpha value is -2.14. The predicted molar refractivity (Wildman–Crippen MR) is 104 cm³/mol. The zero-order valence-electron chi connectivity index (χ0n) is 14.0. The third kappa shape index (κ3) is 4.68. The minimum atomic E-state index is 0.611. The van der Waals surface area contributed by atoms with Gasteiger partial charge in [0.1, 0.15) is 5.82 Å². The lowest BCUT2D eigenvalue weighted by atomic mass is 9.99. The maximum atomic E-state index is 5.35. The van der Waals surface area contributed by atoms with Gasteiger partial charge in [0.2, 0.25) is 0 Å². The Kier molecular flexibility index (Phi) is 5.64. The second kappa shape index (κ2) is 8.11. The van der Waals surface area contributed by atoms with Crippen molar-refractivity contribution >= 4 is 28.8 Å². The highest BCUT2D eigenvalue weighted by atomic mass is 32.1. The van der Waals surface area contributed by atoms with Crippen LogP contribution in [0.1, 0.15) is 25.3 Å². The van der Waals surface area contributed by atoms with E-state index in [0.717, 1.165) is 30.5 Å². The topological polar surface area (TPSA) is 40.2 Å². The number of pyridine rings is 1. The summed E-state index contributed by atoms with van der Waals surface area (Å²) in [5, 5.41) is 7.01. The fraction of sp³-hybridized carbons (Fsp3) is 0.368. The van der Waals surface area contributed by atoms with Crippen LogP contribution in [0.2, 0.25) is 0 Å². The van der Waals surface area contributed by atoms with E-state index in [4.69, 9.17) is 12.2 Å². The van der Waals surface area contributed by atoms with E-state index in [1.165, 1.54) is 18.4 Å². The number of thiocarbonyl (C=S) groups is 1. The van der Waals surface area contributed by atoms with Crippen molar-refractivity contribution in [1.29, 1.82) is 0 Å². The Morgan fingerprint density at radius 3 is 2.58 bits per heavy atom. The van der Waals surface area contributed by atoms with Gasteiger partial charge in [0.15, 0.2) is 5.11 Å². The van der Waals surface area contributed by atoms with E-state index in [0.29, 0.717) is 11.7 Å². The molecule has 0 saturated carbocycles. The molecule has 1 fully saturated rings. The van der Waals surface area contributed by atoms with Gasteiger partial charge in [0, 0.05) is 19.6 Å². The van der Waals surface area contributed by atoms with Crippen LogP contribution in [0.15, 0.2) is 48.7 Å². The molecule has 1 aromatic heterocycles. The van der Waals surface area contributed by atoms with E-state index < -0.39 is 0 Å². The Morgan fingerprint density at radius 2 is 1.92 bits per heavy atom. The van der Waals surface area contributed by atoms with Gasteiger partial charge in [-0.3, -0.25) is 0 Å². The number of piperidine rings is 1. The number of anilines is 2. The highest BCUT2D eigenvalue weighted by molar-refractivity contribution is 7.80. The van der Waals surface area contributed by atoms with Gasteiger partial charge < -0.3 is 15.5 Å². The van der Waals surface area contributed by atoms with Crippen LogP contribution in [0.25, 0.3) is 0 Å². The molecule has 1 aliphatic rings. The summed E-state index contributed by atoms with van der Waals surface area (Å²) >= 11 is 5.35. The SMILES string of the molecule is CC1CCN(c2ccc(NC(=S)NCc3ccccc3)cn2)CC1. The highest BCUT2D eigenvalue weighted by Gasteiger charge is 2.16. The first-order valence-electron chi connectivity index (χ1n) is 8.50. The van der Waals surface area contributed by atoms with Crippen molar-refractivity contribution in [2.45, 2.75) is 26.3 Å². The van der Waals surface area contributed by atoms with E-state index in [2.05, 4.69) is 45.6 Å². The molecule has 1 saturated heterocycles. The standard InChI is InChI=1S/C19H24N4S/c1-15-9-11-23(12-10-15)18-8-7-17(14-20-18)22-19(24)21-13-16-5-3-2-4-6-16/h2-8,14-15H,9-13H2,1H3,(H2,21,22,24). The van der Waals surface area contributed by atoms with Crippen molar-refractivity contribution in [1.82, 2.24) is 10.3 Å². The summed E-state index contributed by atoms with van der Waals surface area (Å²) < 4.78 is 0. The average molecular weight is 340 g/mol. The summed E-state index contributed by atoms with van der Waals surface area (Å²) in [5.41, 5.74) is 2.11. The number of hydrogen-bond acceptors (Lipinski definition) is 3. The maximum Gasteiger partial charge on any atom is 0.171 e. The Labute approximate surface area is 149 Å². The largest absolute Gasteiger partial charge is 0.358 e. The van der Waals surface area contributed by atoms with E-state index >= 15 is 0 Å². The molecular weight excluding hydrogens is 316 g/mol. The van der Waals surface area contributed by atoms with Crippen LogP contribution < -0.4 is 15.5 Å². The average Bonchev–Trinajstić information content (AvgIpc) is 2.62. The number of aromatic nitrogens is 1. The molecule has 0 spiro atoms. The molecule has 2 N–H and O–H groups in total. The van der Waals surface area contributed by atoms with Crippen molar-refractivity contribution in [2.24, 2.45) is 5.92 Å². The zero-order chi connectivity index (χ0) is 16.8. The lowest BCUT2D eigenvalue weighted by Gasteiger charge is -2.31. The van der Waals surface area contributed by atoms with Crippen LogP contribution in [0.5, 0.6) is 0 Å². The fourth-order valence-electron chi connectivity index (χ4n) is 2.84. The van der Waals surface area contributed by atoms with Crippen molar-refractivity contribution in [3.05, 3.63) is 54.2 Å². The Bertz CT molecular complexity index is 649. The van der Waals surface area contributed by atoms with Gasteiger partial charge in [-0.2, -0.15) is 0 Å². The number of nitrogens with zero attached hydrogens (tertiary/aromatic N) is 2. The number of hydrogen-bond donors (Lipinski definition) is 2. The van der Waals surface area contributed by atoms with Gasteiger partial charge >= 0.3 is 0 Å². The molecule has 0 bridgehead atoms. The van der Waals surface area contributed by atoms with Crippen LogP contribution in [0.4, 0.5) is 11.5 Å². The Morgan fingerprint density at radius 1 is 1.17 bits per heavy atom. The normalized spacial score (nSPS) is 15.1. The van der Waals surface area contributed by atoms with Gasteiger partial charge in [0.25, 0.3) is 0 Å². The van der Waals surface area contributed by atoms with Gasteiger partial charge in [-0.25, -0.2) is 4.98 Å². The molecule has 126 valence electrons. The van der Waals surface area contributed by atoms with E-state index in [1.807, 2.05) is 30.5 Å². The smallest absolute Gasteiger partial charge is 0.171 e. The minimum absolute atomic E-state index is 0.611. The van der Waals surface area contributed by atoms with Crippen LogP contribution in [-0.2, 0) is 6.54 Å². The summed E-state index contributed by atoms with van der Waals surface area (Å²) in [4.78, 5) is 6.93. The van der Waals surface area contributed by atoms with Crippen molar-refractivity contribution in [3.63, 3.8) is 0 Å². The molecule has 2 heterocycles. The van der Waals surface area contributed by atoms with E-state index in [9.17, 15) is 0 Å². The van der Waals surface area contributed by atoms with Gasteiger partial charge in [-0.1, -0.05) is 37.3 Å². The summed E-state index contributed by atoms with van der Waals surface area (Å²) in [7, 11) is 0. The van der Waals surface area contributed by atoms with E-state index in [-0.39, 0.29) is 0 Å². The number of rotatable bonds is 4.